The zero-order valence-electron chi connectivity index (χ0n) is 17.8. The van der Waals surface area contributed by atoms with Crippen LogP contribution in [0.2, 0.25) is 0 Å². The maximum absolute atomic E-state index is 12.4. The molecule has 0 radical (unpaired) electrons. The van der Waals surface area contributed by atoms with Gasteiger partial charge in [0.2, 0.25) is 0 Å². The van der Waals surface area contributed by atoms with E-state index in [1.54, 1.807) is 56.0 Å². The molecule has 164 valence electrons. The summed E-state index contributed by atoms with van der Waals surface area (Å²) in [6.07, 6.45) is -0.623. The second-order valence-corrected chi connectivity index (χ2v) is 8.13. The lowest BCUT2D eigenvalue weighted by Gasteiger charge is -2.32. The Morgan fingerprint density at radius 3 is 2.20 bits per heavy atom. The first-order chi connectivity index (χ1) is 14.1. The van der Waals surface area contributed by atoms with Gasteiger partial charge in [-0.2, -0.15) is 0 Å². The van der Waals surface area contributed by atoms with Gasteiger partial charge in [-0.3, -0.25) is 25.2 Å². The predicted octanol–water partition coefficient (Wildman–Crippen LogP) is 2.03. The highest BCUT2D eigenvalue weighted by atomic mass is 16.6. The monoisotopic (exact) mass is 419 g/mol. The van der Waals surface area contributed by atoms with Crippen LogP contribution in [-0.4, -0.2) is 53.6 Å². The molecule has 9 nitrogen and oxygen atoms in total. The highest BCUT2D eigenvalue weighted by Gasteiger charge is 2.32. The van der Waals surface area contributed by atoms with Crippen LogP contribution in [0.3, 0.4) is 0 Å². The molecule has 1 saturated heterocycles. The third-order valence-electron chi connectivity index (χ3n) is 4.48. The molecule has 1 aromatic carbocycles. The molecule has 3 amide bonds. The fourth-order valence-electron chi connectivity index (χ4n) is 2.83. The van der Waals surface area contributed by atoms with Crippen molar-refractivity contribution in [2.24, 2.45) is 5.92 Å². The van der Waals surface area contributed by atoms with E-state index in [1.165, 1.54) is 6.92 Å². The number of likely N-dealkylation sites (tertiary alicyclic amines) is 1. The predicted molar refractivity (Wildman–Crippen MR) is 108 cm³/mol. The maximum atomic E-state index is 12.4. The Labute approximate surface area is 176 Å². The lowest BCUT2D eigenvalue weighted by atomic mass is 9.97. The zero-order chi connectivity index (χ0) is 22.3. The molecule has 0 saturated carbocycles. The highest BCUT2D eigenvalue weighted by Crippen LogP contribution is 2.21. The number of amides is 3. The zero-order valence-corrected chi connectivity index (χ0v) is 17.8. The Morgan fingerprint density at radius 1 is 1.03 bits per heavy atom. The molecule has 1 aliphatic rings. The van der Waals surface area contributed by atoms with Crippen molar-refractivity contribution in [3.05, 3.63) is 35.9 Å². The van der Waals surface area contributed by atoms with Crippen molar-refractivity contribution in [3.8, 4) is 0 Å². The van der Waals surface area contributed by atoms with Gasteiger partial charge < -0.3 is 14.4 Å². The number of hydrogen-bond donors (Lipinski definition) is 2. The molecule has 2 N–H and O–H groups in total. The smallest absolute Gasteiger partial charge is 0.410 e. The van der Waals surface area contributed by atoms with Crippen LogP contribution in [0.25, 0.3) is 0 Å². The molecular formula is C21H29N3O6. The second-order valence-electron chi connectivity index (χ2n) is 8.13. The summed E-state index contributed by atoms with van der Waals surface area (Å²) in [7, 11) is 0. The van der Waals surface area contributed by atoms with Crippen LogP contribution < -0.4 is 10.9 Å². The van der Waals surface area contributed by atoms with Crippen molar-refractivity contribution in [2.75, 3.05) is 13.1 Å². The minimum atomic E-state index is -1.07. The molecule has 1 atom stereocenters. The molecule has 0 aromatic heterocycles. The topological polar surface area (TPSA) is 114 Å². The van der Waals surface area contributed by atoms with Crippen molar-refractivity contribution in [1.82, 2.24) is 15.8 Å². The fraction of sp³-hybridized carbons (Fsp3) is 0.524. The highest BCUT2D eigenvalue weighted by molar-refractivity contribution is 5.95. The minimum Gasteiger partial charge on any atom is -0.452 e. The fourth-order valence-corrected chi connectivity index (χ4v) is 2.83. The lowest BCUT2D eigenvalue weighted by Crippen LogP contribution is -2.47. The molecule has 1 aromatic rings. The molecule has 0 aliphatic carbocycles. The number of nitrogens with zero attached hydrogens (tertiary/aromatic N) is 1. The van der Waals surface area contributed by atoms with Crippen molar-refractivity contribution in [1.29, 1.82) is 0 Å². The molecular weight excluding hydrogens is 390 g/mol. The third kappa shape index (κ3) is 7.06. The van der Waals surface area contributed by atoms with E-state index in [2.05, 4.69) is 10.9 Å². The van der Waals surface area contributed by atoms with E-state index in [0.29, 0.717) is 31.5 Å². The standard InChI is InChI=1S/C21H29N3O6/c1-14(17(25)22-23-18(26)15-8-6-5-7-9-15)29-19(27)16-10-12-24(13-11-16)20(28)30-21(2,3)4/h5-9,14,16H,10-13H2,1-4H3,(H,22,25)(H,23,26)/t14-/m1/s1. The molecule has 30 heavy (non-hydrogen) atoms. The van der Waals surface area contributed by atoms with Gasteiger partial charge in [-0.25, -0.2) is 4.79 Å². The molecule has 1 aliphatic heterocycles. The van der Waals surface area contributed by atoms with Crippen LogP contribution in [0, 0.1) is 5.92 Å². The molecule has 0 bridgehead atoms. The molecule has 0 spiro atoms. The minimum absolute atomic E-state index is 0.377. The van der Waals surface area contributed by atoms with Crippen LogP contribution in [0.1, 0.15) is 50.9 Å². The van der Waals surface area contributed by atoms with Crippen LogP contribution in [-0.2, 0) is 19.1 Å². The Bertz CT molecular complexity index is 767. The Kier molecular flexibility index (Phi) is 7.79. The van der Waals surface area contributed by atoms with E-state index >= 15 is 0 Å². The maximum Gasteiger partial charge on any atom is 0.410 e. The number of hydrazine groups is 1. The number of carbonyl (C=O) groups excluding carboxylic acids is 4. The summed E-state index contributed by atoms with van der Waals surface area (Å²) in [5.41, 5.74) is 4.34. The first-order valence-corrected chi connectivity index (χ1v) is 9.90. The number of rotatable bonds is 4. The molecule has 1 fully saturated rings. The summed E-state index contributed by atoms with van der Waals surface area (Å²) in [6.45, 7) is 7.57. The van der Waals surface area contributed by atoms with Crippen molar-refractivity contribution in [2.45, 2.75) is 52.2 Å². The largest absolute Gasteiger partial charge is 0.452 e. The number of ether oxygens (including phenoxy) is 2. The Balaban J connectivity index is 1.74. The van der Waals surface area contributed by atoms with E-state index in [4.69, 9.17) is 9.47 Å². The first-order valence-electron chi connectivity index (χ1n) is 9.90. The van der Waals surface area contributed by atoms with E-state index in [9.17, 15) is 19.2 Å². The summed E-state index contributed by atoms with van der Waals surface area (Å²) in [5, 5.41) is 0. The summed E-state index contributed by atoms with van der Waals surface area (Å²) >= 11 is 0. The summed E-state index contributed by atoms with van der Waals surface area (Å²) in [5.74, 6) is -2.02. The second kappa shape index (κ2) is 10.1. The summed E-state index contributed by atoms with van der Waals surface area (Å²) in [4.78, 5) is 50.0. The van der Waals surface area contributed by atoms with Crippen molar-refractivity contribution >= 4 is 23.9 Å². The molecule has 9 heteroatoms. The average Bonchev–Trinajstić information content (AvgIpc) is 2.71. The number of hydrogen-bond acceptors (Lipinski definition) is 6. The van der Waals surface area contributed by atoms with Gasteiger partial charge in [0.25, 0.3) is 11.8 Å². The quantitative estimate of drug-likeness (QED) is 0.570. The number of carbonyl (C=O) groups is 4. The van der Waals surface area contributed by atoms with Gasteiger partial charge in [-0.05, 0) is 52.7 Å². The molecule has 1 heterocycles. The van der Waals surface area contributed by atoms with Crippen LogP contribution in [0.15, 0.2) is 30.3 Å². The van der Waals surface area contributed by atoms with Gasteiger partial charge in [0.1, 0.15) is 5.60 Å². The van der Waals surface area contributed by atoms with Gasteiger partial charge in [-0.15, -0.1) is 0 Å². The lowest BCUT2D eigenvalue weighted by molar-refractivity contribution is -0.160. The normalized spacial score (nSPS) is 15.7. The van der Waals surface area contributed by atoms with Crippen LogP contribution in [0.5, 0.6) is 0 Å². The average molecular weight is 419 g/mol. The molecule has 2 rings (SSSR count). The van der Waals surface area contributed by atoms with Crippen LogP contribution in [0.4, 0.5) is 4.79 Å². The summed E-state index contributed by atoms with van der Waals surface area (Å²) < 4.78 is 10.6. The van der Waals surface area contributed by atoms with Crippen molar-refractivity contribution < 1.29 is 28.7 Å². The summed E-state index contributed by atoms with van der Waals surface area (Å²) in [6, 6.07) is 8.39. The number of piperidine rings is 1. The van der Waals surface area contributed by atoms with Gasteiger partial charge in [0.05, 0.1) is 5.92 Å². The number of esters is 1. The van der Waals surface area contributed by atoms with Gasteiger partial charge in [0, 0.05) is 18.7 Å². The van der Waals surface area contributed by atoms with Gasteiger partial charge in [0.15, 0.2) is 6.10 Å². The number of nitrogens with one attached hydrogen (secondary N) is 2. The third-order valence-corrected chi connectivity index (χ3v) is 4.48. The van der Waals surface area contributed by atoms with Gasteiger partial charge >= 0.3 is 12.1 Å². The van der Waals surface area contributed by atoms with Crippen molar-refractivity contribution in [3.63, 3.8) is 0 Å². The SMILES string of the molecule is C[C@@H](OC(=O)C1CCN(C(=O)OC(C)(C)C)CC1)C(=O)NNC(=O)c1ccccc1. The van der Waals surface area contributed by atoms with E-state index in [0.717, 1.165) is 0 Å². The Morgan fingerprint density at radius 2 is 1.63 bits per heavy atom. The molecule has 0 unspecified atom stereocenters. The first kappa shape index (κ1) is 23.2. The number of benzene rings is 1. The van der Waals surface area contributed by atoms with Gasteiger partial charge in [-0.1, -0.05) is 18.2 Å². The van der Waals surface area contributed by atoms with E-state index in [-0.39, 0.29) is 0 Å². The van der Waals surface area contributed by atoms with Crippen LogP contribution >= 0.6 is 0 Å². The Hall–Kier alpha value is -3.10. The van der Waals surface area contributed by atoms with E-state index < -0.39 is 41.5 Å². The van der Waals surface area contributed by atoms with E-state index in [1.807, 2.05) is 0 Å².